The lowest BCUT2D eigenvalue weighted by Crippen LogP contribution is -2.28. The summed E-state index contributed by atoms with van der Waals surface area (Å²) in [6, 6.07) is 10.3. The molecule has 1 saturated heterocycles. The van der Waals surface area contributed by atoms with E-state index in [1.807, 2.05) is 31.2 Å². The third-order valence-electron chi connectivity index (χ3n) is 3.45. The van der Waals surface area contributed by atoms with Crippen molar-refractivity contribution in [1.29, 1.82) is 0 Å². The van der Waals surface area contributed by atoms with Crippen LogP contribution in [-0.4, -0.2) is 15.2 Å². The summed E-state index contributed by atoms with van der Waals surface area (Å²) in [7, 11) is 0. The number of hydrogen-bond donors (Lipinski definition) is 0. The zero-order chi connectivity index (χ0) is 18.0. The predicted molar refractivity (Wildman–Crippen MR) is 101 cm³/mol. The van der Waals surface area contributed by atoms with Gasteiger partial charge in [-0.25, -0.2) is 0 Å². The number of thiocarbonyl (C=S) groups is 1. The number of carbonyl (C=O) groups excluding carboxylic acids is 1. The fourth-order valence-electron chi connectivity index (χ4n) is 2.26. The first-order chi connectivity index (χ1) is 12.0. The molecule has 0 spiro atoms. The van der Waals surface area contributed by atoms with Crippen LogP contribution in [0.3, 0.4) is 0 Å². The van der Waals surface area contributed by atoms with E-state index in [1.165, 1.54) is 28.8 Å². The molecule has 0 radical (unpaired) electrons. The van der Waals surface area contributed by atoms with Crippen LogP contribution in [0, 0.1) is 17.0 Å². The van der Waals surface area contributed by atoms with E-state index in [2.05, 4.69) is 0 Å². The Morgan fingerprint density at radius 3 is 2.72 bits per heavy atom. The van der Waals surface area contributed by atoms with Gasteiger partial charge < -0.3 is 4.42 Å². The summed E-state index contributed by atoms with van der Waals surface area (Å²) < 4.78 is 5.49. The highest BCUT2D eigenvalue weighted by Crippen LogP contribution is 2.36. The predicted octanol–water partition coefficient (Wildman–Crippen LogP) is 4.46. The Balaban J connectivity index is 1.79. The van der Waals surface area contributed by atoms with Crippen molar-refractivity contribution in [2.75, 3.05) is 4.90 Å². The van der Waals surface area contributed by atoms with Crippen LogP contribution in [0.15, 0.2) is 57.9 Å². The van der Waals surface area contributed by atoms with Gasteiger partial charge in [0.25, 0.3) is 5.91 Å². The number of rotatable bonds is 4. The number of nitrogens with zero attached hydrogens (tertiary/aromatic N) is 2. The number of nitro groups is 1. The van der Waals surface area contributed by atoms with Gasteiger partial charge in [0.05, 0.1) is 16.7 Å². The van der Waals surface area contributed by atoms with Crippen molar-refractivity contribution >= 4 is 51.9 Å². The van der Waals surface area contributed by atoms with Crippen LogP contribution in [0.25, 0.3) is 6.08 Å². The van der Waals surface area contributed by atoms with E-state index in [1.54, 1.807) is 18.2 Å². The Bertz CT molecular complexity index is 930. The van der Waals surface area contributed by atoms with Gasteiger partial charge >= 0.3 is 5.88 Å². The first-order valence-corrected chi connectivity index (χ1v) is 8.44. The average molecular weight is 372 g/mol. The lowest BCUT2D eigenvalue weighted by Gasteiger charge is -2.16. The number of furan rings is 1. The van der Waals surface area contributed by atoms with Crippen LogP contribution in [-0.2, 0) is 4.79 Å². The van der Waals surface area contributed by atoms with Crippen molar-refractivity contribution in [3.8, 4) is 0 Å². The fraction of sp³-hybridized carbons (Fsp3) is 0.0588. The quantitative estimate of drug-likeness (QED) is 0.341. The SMILES string of the molecule is Cc1ccccc1N1C(=O)/C(=C/C=C/c2ccc([N+](=O)[O-])o2)SC1=S. The minimum atomic E-state index is -0.606. The maximum atomic E-state index is 12.6. The maximum absolute atomic E-state index is 12.6. The number of hydrogen-bond acceptors (Lipinski definition) is 6. The smallest absolute Gasteiger partial charge is 0.401 e. The first-order valence-electron chi connectivity index (χ1n) is 7.22. The minimum absolute atomic E-state index is 0.195. The van der Waals surface area contributed by atoms with Gasteiger partial charge in [-0.3, -0.25) is 19.8 Å². The van der Waals surface area contributed by atoms with Crippen LogP contribution in [0.4, 0.5) is 11.6 Å². The highest BCUT2D eigenvalue weighted by atomic mass is 32.2. The van der Waals surface area contributed by atoms with Crippen molar-refractivity contribution in [1.82, 2.24) is 0 Å². The second-order valence-electron chi connectivity index (χ2n) is 5.12. The summed E-state index contributed by atoms with van der Waals surface area (Å²) >= 11 is 6.53. The van der Waals surface area contributed by atoms with E-state index in [0.717, 1.165) is 11.3 Å². The Morgan fingerprint density at radius 1 is 1.28 bits per heavy atom. The van der Waals surface area contributed by atoms with Crippen molar-refractivity contribution in [3.05, 3.63) is 74.9 Å². The largest absolute Gasteiger partial charge is 0.433 e. The van der Waals surface area contributed by atoms with Gasteiger partial charge in [0.15, 0.2) is 4.32 Å². The molecule has 0 atom stereocenters. The number of benzene rings is 1. The number of anilines is 1. The standard InChI is InChI=1S/C17H12N2O4S2/c1-11-5-2-3-7-13(11)18-16(20)14(25-17(18)24)8-4-6-12-9-10-15(23-12)19(21)22/h2-10H,1H3/b6-4+,14-8-. The summed E-state index contributed by atoms with van der Waals surface area (Å²) in [6.45, 7) is 1.92. The first kappa shape index (κ1) is 17.1. The van der Waals surface area contributed by atoms with Crippen LogP contribution < -0.4 is 4.90 Å². The Hall–Kier alpha value is -2.71. The average Bonchev–Trinajstić information content (AvgIpc) is 3.14. The van der Waals surface area contributed by atoms with Gasteiger partial charge in [-0.1, -0.05) is 48.3 Å². The Labute approximate surface area is 153 Å². The third kappa shape index (κ3) is 3.54. The maximum Gasteiger partial charge on any atom is 0.433 e. The Kier molecular flexibility index (Phi) is 4.82. The zero-order valence-corrected chi connectivity index (χ0v) is 14.7. The molecule has 0 saturated carbocycles. The molecule has 0 aliphatic carbocycles. The van der Waals surface area contributed by atoms with E-state index >= 15 is 0 Å². The highest BCUT2D eigenvalue weighted by molar-refractivity contribution is 8.27. The zero-order valence-electron chi connectivity index (χ0n) is 13.0. The summed E-state index contributed by atoms with van der Waals surface area (Å²) in [5.74, 6) is -0.192. The van der Waals surface area contributed by atoms with E-state index < -0.39 is 4.92 Å². The van der Waals surface area contributed by atoms with Crippen molar-refractivity contribution in [2.45, 2.75) is 6.92 Å². The topological polar surface area (TPSA) is 76.6 Å². The molecule has 3 rings (SSSR count). The van der Waals surface area contributed by atoms with Gasteiger partial charge in [0.1, 0.15) is 10.7 Å². The van der Waals surface area contributed by atoms with E-state index in [0.29, 0.717) is 15.0 Å². The van der Waals surface area contributed by atoms with Gasteiger partial charge in [0.2, 0.25) is 0 Å². The lowest BCUT2D eigenvalue weighted by atomic mass is 10.2. The highest BCUT2D eigenvalue weighted by Gasteiger charge is 2.33. The minimum Gasteiger partial charge on any atom is -0.401 e. The molecular weight excluding hydrogens is 360 g/mol. The number of aryl methyl sites for hydroxylation is 1. The normalized spacial score (nSPS) is 16.4. The third-order valence-corrected chi connectivity index (χ3v) is 4.77. The lowest BCUT2D eigenvalue weighted by molar-refractivity contribution is -0.402. The van der Waals surface area contributed by atoms with Gasteiger partial charge in [-0.2, -0.15) is 0 Å². The molecule has 0 N–H and O–H groups in total. The molecule has 2 aromatic rings. The summed E-state index contributed by atoms with van der Waals surface area (Å²) in [5.41, 5.74) is 1.72. The second kappa shape index (κ2) is 7.04. The molecule has 2 heterocycles. The van der Waals surface area contributed by atoms with E-state index in [4.69, 9.17) is 16.6 Å². The number of carbonyl (C=O) groups is 1. The van der Waals surface area contributed by atoms with Gasteiger partial charge in [-0.05, 0) is 36.8 Å². The van der Waals surface area contributed by atoms with E-state index in [-0.39, 0.29) is 11.8 Å². The van der Waals surface area contributed by atoms with Crippen molar-refractivity contribution in [2.24, 2.45) is 0 Å². The molecule has 1 aliphatic heterocycles. The molecule has 0 unspecified atom stereocenters. The van der Waals surface area contributed by atoms with Gasteiger partial charge in [0, 0.05) is 0 Å². The fourth-order valence-corrected chi connectivity index (χ4v) is 3.50. The molecule has 8 heteroatoms. The molecule has 0 bridgehead atoms. The van der Waals surface area contributed by atoms with Crippen LogP contribution in [0.2, 0.25) is 0 Å². The number of amides is 1. The molecule has 1 amide bonds. The van der Waals surface area contributed by atoms with E-state index in [9.17, 15) is 14.9 Å². The molecule has 1 aromatic heterocycles. The molecule has 1 aromatic carbocycles. The summed E-state index contributed by atoms with van der Waals surface area (Å²) in [6.07, 6.45) is 4.77. The van der Waals surface area contributed by atoms with Crippen molar-refractivity contribution < 1.29 is 14.1 Å². The number of thioether (sulfide) groups is 1. The van der Waals surface area contributed by atoms with Crippen LogP contribution in [0.1, 0.15) is 11.3 Å². The number of para-hydroxylation sites is 1. The molecule has 6 nitrogen and oxygen atoms in total. The Morgan fingerprint density at radius 2 is 2.04 bits per heavy atom. The van der Waals surface area contributed by atoms with Crippen LogP contribution in [0.5, 0.6) is 0 Å². The molecule has 1 aliphatic rings. The second-order valence-corrected chi connectivity index (χ2v) is 6.79. The monoisotopic (exact) mass is 372 g/mol. The molecule has 1 fully saturated rings. The van der Waals surface area contributed by atoms with Crippen molar-refractivity contribution in [3.63, 3.8) is 0 Å². The molecule has 25 heavy (non-hydrogen) atoms. The summed E-state index contributed by atoms with van der Waals surface area (Å²) in [5, 5.41) is 10.6. The molecular formula is C17H12N2O4S2. The molecule has 126 valence electrons. The number of allylic oxidation sites excluding steroid dienone is 2. The summed E-state index contributed by atoms with van der Waals surface area (Å²) in [4.78, 5) is 24.6. The van der Waals surface area contributed by atoms with Gasteiger partial charge in [-0.15, -0.1) is 0 Å². The van der Waals surface area contributed by atoms with Crippen LogP contribution >= 0.6 is 24.0 Å².